The van der Waals surface area contributed by atoms with Gasteiger partial charge in [0.25, 0.3) is 0 Å². The van der Waals surface area contributed by atoms with Crippen LogP contribution in [0.2, 0.25) is 0 Å². The summed E-state index contributed by atoms with van der Waals surface area (Å²) in [6, 6.07) is 6.05. The normalized spacial score (nSPS) is 18.0. The maximum atomic E-state index is 13.1. The fourth-order valence-electron chi connectivity index (χ4n) is 4.21. The fraction of sp³-hybridized carbons (Fsp3) is 0.409. The molecule has 0 bridgehead atoms. The molecule has 2 N–H and O–H groups in total. The predicted octanol–water partition coefficient (Wildman–Crippen LogP) is 4.12. The summed E-state index contributed by atoms with van der Waals surface area (Å²) < 4.78 is 11.3. The SMILES string of the molecule is Cc1sc2nc(SCC(=O)N3CCCC3c3ccc4c(c3)OCCO4)nc(N)c2c1C. The maximum Gasteiger partial charge on any atom is 0.233 e. The molecular weight excluding hydrogens is 432 g/mol. The Labute approximate surface area is 188 Å². The van der Waals surface area contributed by atoms with Crippen LogP contribution in [0.25, 0.3) is 10.2 Å². The van der Waals surface area contributed by atoms with Crippen LogP contribution in [0.4, 0.5) is 5.82 Å². The summed E-state index contributed by atoms with van der Waals surface area (Å²) in [6.07, 6.45) is 1.93. The third-order valence-corrected chi connectivity index (χ3v) is 7.82. The Morgan fingerprint density at radius 2 is 2.06 bits per heavy atom. The van der Waals surface area contributed by atoms with E-state index in [2.05, 4.69) is 16.9 Å². The standard InChI is InChI=1S/C22H24N4O3S2/c1-12-13(2)31-21-19(12)20(23)24-22(25-21)30-11-18(27)26-7-3-4-15(26)14-5-6-16-17(10-14)29-9-8-28-16/h5-6,10,15H,3-4,7-9,11H2,1-2H3,(H2,23,24,25). The molecule has 31 heavy (non-hydrogen) atoms. The van der Waals surface area contributed by atoms with E-state index in [1.54, 1.807) is 11.3 Å². The number of amides is 1. The first kappa shape index (κ1) is 20.4. The number of likely N-dealkylation sites (tertiary alicyclic amines) is 1. The molecule has 0 radical (unpaired) electrons. The van der Waals surface area contributed by atoms with E-state index in [0.29, 0.717) is 24.2 Å². The monoisotopic (exact) mass is 456 g/mol. The number of anilines is 1. The number of nitrogens with zero attached hydrogens (tertiary/aromatic N) is 3. The third-order valence-electron chi connectivity index (χ3n) is 5.89. The van der Waals surface area contributed by atoms with Gasteiger partial charge in [-0.15, -0.1) is 11.3 Å². The Hall–Kier alpha value is -2.52. The zero-order valence-electron chi connectivity index (χ0n) is 17.5. The van der Waals surface area contributed by atoms with E-state index < -0.39 is 0 Å². The number of hydrogen-bond donors (Lipinski definition) is 1. The van der Waals surface area contributed by atoms with Crippen LogP contribution >= 0.6 is 23.1 Å². The van der Waals surface area contributed by atoms with Crippen LogP contribution in [0.5, 0.6) is 11.5 Å². The van der Waals surface area contributed by atoms with Gasteiger partial charge in [-0.05, 0) is 49.9 Å². The zero-order chi connectivity index (χ0) is 21.5. The van der Waals surface area contributed by atoms with Crippen LogP contribution in [0.15, 0.2) is 23.4 Å². The van der Waals surface area contributed by atoms with Gasteiger partial charge >= 0.3 is 0 Å². The molecule has 4 heterocycles. The van der Waals surface area contributed by atoms with E-state index in [1.807, 2.05) is 30.0 Å². The molecule has 3 aromatic rings. The van der Waals surface area contributed by atoms with Gasteiger partial charge in [-0.1, -0.05) is 17.8 Å². The van der Waals surface area contributed by atoms with Gasteiger partial charge in [-0.3, -0.25) is 4.79 Å². The number of carbonyl (C=O) groups excluding carboxylic acids is 1. The molecule has 9 heteroatoms. The van der Waals surface area contributed by atoms with Gasteiger partial charge in [0.1, 0.15) is 23.9 Å². The third kappa shape index (κ3) is 3.80. The van der Waals surface area contributed by atoms with Crippen molar-refractivity contribution in [3.8, 4) is 11.5 Å². The highest BCUT2D eigenvalue weighted by Crippen LogP contribution is 2.39. The summed E-state index contributed by atoms with van der Waals surface area (Å²) in [4.78, 5) is 26.2. The number of thioether (sulfide) groups is 1. The molecule has 0 aliphatic carbocycles. The molecule has 2 aliphatic heterocycles. The summed E-state index contributed by atoms with van der Waals surface area (Å²) >= 11 is 2.96. The van der Waals surface area contributed by atoms with E-state index in [1.165, 1.54) is 16.6 Å². The minimum absolute atomic E-state index is 0.0555. The van der Waals surface area contributed by atoms with Crippen molar-refractivity contribution in [1.29, 1.82) is 0 Å². The smallest absolute Gasteiger partial charge is 0.233 e. The first-order valence-electron chi connectivity index (χ1n) is 10.4. The number of thiophene rings is 1. The second-order valence-electron chi connectivity index (χ2n) is 7.79. The van der Waals surface area contributed by atoms with Crippen molar-refractivity contribution in [3.63, 3.8) is 0 Å². The molecule has 0 saturated carbocycles. The zero-order valence-corrected chi connectivity index (χ0v) is 19.1. The highest BCUT2D eigenvalue weighted by Gasteiger charge is 2.31. The van der Waals surface area contributed by atoms with Crippen LogP contribution in [0, 0.1) is 13.8 Å². The van der Waals surface area contributed by atoms with Crippen molar-refractivity contribution in [2.75, 3.05) is 31.2 Å². The molecule has 1 aromatic carbocycles. The number of ether oxygens (including phenoxy) is 2. The van der Waals surface area contributed by atoms with Crippen LogP contribution in [0.1, 0.15) is 34.9 Å². The van der Waals surface area contributed by atoms with Crippen LogP contribution in [-0.2, 0) is 4.79 Å². The topological polar surface area (TPSA) is 90.6 Å². The Morgan fingerprint density at radius 3 is 2.90 bits per heavy atom. The Morgan fingerprint density at radius 1 is 1.26 bits per heavy atom. The van der Waals surface area contributed by atoms with E-state index in [-0.39, 0.29) is 17.7 Å². The molecule has 1 unspecified atom stereocenters. The number of aromatic nitrogens is 2. The average Bonchev–Trinajstić information content (AvgIpc) is 3.37. The molecule has 1 fully saturated rings. The highest BCUT2D eigenvalue weighted by atomic mass is 32.2. The summed E-state index contributed by atoms with van der Waals surface area (Å²) in [6.45, 7) is 5.97. The first-order chi connectivity index (χ1) is 15.0. The second-order valence-corrected chi connectivity index (χ2v) is 9.94. The largest absolute Gasteiger partial charge is 0.486 e. The van der Waals surface area contributed by atoms with Gasteiger partial charge in [-0.2, -0.15) is 0 Å². The molecule has 2 aromatic heterocycles. The number of carbonyl (C=O) groups is 1. The van der Waals surface area contributed by atoms with E-state index in [4.69, 9.17) is 15.2 Å². The van der Waals surface area contributed by atoms with Crippen molar-refractivity contribution >= 4 is 45.0 Å². The van der Waals surface area contributed by atoms with Gasteiger partial charge in [0, 0.05) is 11.4 Å². The maximum absolute atomic E-state index is 13.1. The lowest BCUT2D eigenvalue weighted by Gasteiger charge is -2.26. The van der Waals surface area contributed by atoms with Crippen molar-refractivity contribution < 1.29 is 14.3 Å². The molecule has 2 aliphatic rings. The summed E-state index contributed by atoms with van der Waals surface area (Å²) in [5, 5.41) is 1.48. The van der Waals surface area contributed by atoms with Gasteiger partial charge < -0.3 is 20.1 Å². The lowest BCUT2D eigenvalue weighted by Crippen LogP contribution is -2.32. The number of fused-ring (bicyclic) bond motifs is 2. The molecule has 162 valence electrons. The summed E-state index contributed by atoms with van der Waals surface area (Å²) in [5.74, 6) is 2.39. The number of nitrogens with two attached hydrogens (primary N) is 1. The highest BCUT2D eigenvalue weighted by molar-refractivity contribution is 7.99. The molecular formula is C22H24N4O3S2. The van der Waals surface area contributed by atoms with Gasteiger partial charge in [-0.25, -0.2) is 9.97 Å². The van der Waals surface area contributed by atoms with Crippen LogP contribution in [0.3, 0.4) is 0 Å². The first-order valence-corrected chi connectivity index (χ1v) is 12.2. The van der Waals surface area contributed by atoms with Crippen molar-refractivity contribution in [2.45, 2.75) is 37.9 Å². The second kappa shape index (κ2) is 8.20. The minimum Gasteiger partial charge on any atom is -0.486 e. The molecule has 0 spiro atoms. The van der Waals surface area contributed by atoms with Crippen molar-refractivity contribution in [3.05, 3.63) is 34.2 Å². The van der Waals surface area contributed by atoms with Gasteiger partial charge in [0.05, 0.1) is 17.2 Å². The summed E-state index contributed by atoms with van der Waals surface area (Å²) in [5.41, 5.74) is 8.40. The number of aryl methyl sites for hydroxylation is 2. The summed E-state index contributed by atoms with van der Waals surface area (Å²) in [7, 11) is 0. The van der Waals surface area contributed by atoms with Gasteiger partial charge in [0.15, 0.2) is 16.7 Å². The number of hydrogen-bond acceptors (Lipinski definition) is 8. The number of rotatable bonds is 4. The molecule has 1 amide bonds. The Balaban J connectivity index is 1.30. The number of nitrogen functional groups attached to an aromatic ring is 1. The predicted molar refractivity (Wildman–Crippen MR) is 123 cm³/mol. The molecule has 7 nitrogen and oxygen atoms in total. The van der Waals surface area contributed by atoms with Crippen LogP contribution < -0.4 is 15.2 Å². The van der Waals surface area contributed by atoms with Crippen molar-refractivity contribution in [1.82, 2.24) is 14.9 Å². The van der Waals surface area contributed by atoms with E-state index in [0.717, 1.165) is 52.2 Å². The molecule has 1 saturated heterocycles. The lowest BCUT2D eigenvalue weighted by atomic mass is 10.0. The molecule has 1 atom stereocenters. The average molecular weight is 457 g/mol. The Kier molecular flexibility index (Phi) is 5.39. The van der Waals surface area contributed by atoms with Crippen LogP contribution in [-0.4, -0.2) is 46.3 Å². The van der Waals surface area contributed by atoms with E-state index >= 15 is 0 Å². The van der Waals surface area contributed by atoms with E-state index in [9.17, 15) is 4.79 Å². The van der Waals surface area contributed by atoms with Gasteiger partial charge in [0.2, 0.25) is 5.91 Å². The minimum atomic E-state index is 0.0555. The molecule has 5 rings (SSSR count). The lowest BCUT2D eigenvalue weighted by molar-refractivity contribution is -0.129. The Bertz CT molecular complexity index is 1160. The number of benzene rings is 1. The fourth-order valence-corrected chi connectivity index (χ4v) is 6.04. The quantitative estimate of drug-likeness (QED) is 0.466. The van der Waals surface area contributed by atoms with Crippen molar-refractivity contribution in [2.24, 2.45) is 0 Å².